The third kappa shape index (κ3) is 4.35. The zero-order valence-electron chi connectivity index (χ0n) is 13.2. The molecule has 0 radical (unpaired) electrons. The quantitative estimate of drug-likeness (QED) is 0.580. The van der Waals surface area contributed by atoms with Gasteiger partial charge in [0.2, 0.25) is 0 Å². The average molecular weight is 319 g/mol. The maximum Gasteiger partial charge on any atom is 0.165 e. The molecule has 0 saturated carbocycles. The zero-order chi connectivity index (χ0) is 16.7. The van der Waals surface area contributed by atoms with Crippen molar-refractivity contribution in [1.29, 1.82) is 0 Å². The van der Waals surface area contributed by atoms with Gasteiger partial charge in [-0.1, -0.05) is 11.2 Å². The fraction of sp³-hybridized carbons (Fsp3) is 0.235. The van der Waals surface area contributed by atoms with Gasteiger partial charge in [0.05, 0.1) is 27.5 Å². The molecule has 0 unspecified atom stereocenters. The van der Waals surface area contributed by atoms with E-state index in [2.05, 4.69) is 5.16 Å². The van der Waals surface area contributed by atoms with E-state index in [0.717, 1.165) is 5.56 Å². The van der Waals surface area contributed by atoms with E-state index >= 15 is 0 Å². The number of nitrogens with zero attached hydrogens (tertiary/aromatic N) is 1. The van der Waals surface area contributed by atoms with Crippen LogP contribution in [-0.4, -0.2) is 27.5 Å². The number of rotatable bonds is 7. The van der Waals surface area contributed by atoms with E-state index in [1.165, 1.54) is 13.2 Å². The first-order chi connectivity index (χ1) is 11.2. The van der Waals surface area contributed by atoms with Crippen molar-refractivity contribution in [3.63, 3.8) is 0 Å². The Kier molecular flexibility index (Phi) is 5.80. The van der Waals surface area contributed by atoms with Crippen LogP contribution >= 0.6 is 0 Å². The summed E-state index contributed by atoms with van der Waals surface area (Å²) < 4.78 is 28.8. The molecule has 0 heterocycles. The van der Waals surface area contributed by atoms with Gasteiger partial charge in [-0.05, 0) is 35.9 Å². The summed E-state index contributed by atoms with van der Waals surface area (Å²) >= 11 is 0. The van der Waals surface area contributed by atoms with Crippen LogP contribution in [0.5, 0.6) is 17.2 Å². The summed E-state index contributed by atoms with van der Waals surface area (Å²) in [7, 11) is 4.55. The minimum Gasteiger partial charge on any atom is -0.494 e. The molecule has 0 atom stereocenters. The smallest absolute Gasteiger partial charge is 0.165 e. The van der Waals surface area contributed by atoms with Crippen LogP contribution in [0.15, 0.2) is 41.6 Å². The SMILES string of the molecule is COc1ccc(CO/N=C\c2ccc(OC)c(OC)c2)cc1F. The molecule has 0 spiro atoms. The molecule has 2 aromatic rings. The van der Waals surface area contributed by atoms with Crippen LogP contribution in [0, 0.1) is 5.82 Å². The van der Waals surface area contributed by atoms with Gasteiger partial charge in [-0.2, -0.15) is 0 Å². The van der Waals surface area contributed by atoms with Crippen molar-refractivity contribution in [1.82, 2.24) is 0 Å². The number of methoxy groups -OCH3 is 3. The van der Waals surface area contributed by atoms with Crippen molar-refractivity contribution in [3.8, 4) is 17.2 Å². The third-order valence-electron chi connectivity index (χ3n) is 3.13. The maximum absolute atomic E-state index is 13.5. The van der Waals surface area contributed by atoms with E-state index in [0.29, 0.717) is 17.1 Å². The number of ether oxygens (including phenoxy) is 3. The monoisotopic (exact) mass is 319 g/mol. The lowest BCUT2D eigenvalue weighted by Crippen LogP contribution is -1.94. The fourth-order valence-electron chi connectivity index (χ4n) is 1.94. The molecule has 2 rings (SSSR count). The molecule has 0 saturated heterocycles. The zero-order valence-corrected chi connectivity index (χ0v) is 13.2. The Morgan fingerprint density at radius 3 is 2.26 bits per heavy atom. The number of halogens is 1. The summed E-state index contributed by atoms with van der Waals surface area (Å²) in [6.45, 7) is 0.157. The summed E-state index contributed by atoms with van der Waals surface area (Å²) in [5, 5.41) is 3.86. The van der Waals surface area contributed by atoms with Gasteiger partial charge in [-0.15, -0.1) is 0 Å². The van der Waals surface area contributed by atoms with E-state index in [1.807, 2.05) is 6.07 Å². The molecule has 6 heteroatoms. The first kappa shape index (κ1) is 16.6. The van der Waals surface area contributed by atoms with Crippen LogP contribution in [0.1, 0.15) is 11.1 Å². The van der Waals surface area contributed by atoms with Crippen LogP contribution in [-0.2, 0) is 11.4 Å². The maximum atomic E-state index is 13.5. The Hall–Kier alpha value is -2.76. The number of hydrogen-bond acceptors (Lipinski definition) is 5. The predicted octanol–water partition coefficient (Wildman–Crippen LogP) is 3.40. The molecule has 0 fully saturated rings. The molecular weight excluding hydrogens is 301 g/mol. The second kappa shape index (κ2) is 8.03. The summed E-state index contributed by atoms with van der Waals surface area (Å²) in [6, 6.07) is 9.99. The molecular formula is C17H18FNO4. The van der Waals surface area contributed by atoms with Crippen LogP contribution in [0.3, 0.4) is 0 Å². The van der Waals surface area contributed by atoms with Gasteiger partial charge >= 0.3 is 0 Å². The highest BCUT2D eigenvalue weighted by Crippen LogP contribution is 2.26. The number of hydrogen-bond donors (Lipinski definition) is 0. The molecule has 0 aliphatic heterocycles. The van der Waals surface area contributed by atoms with Crippen LogP contribution in [0.2, 0.25) is 0 Å². The second-order valence-corrected chi connectivity index (χ2v) is 4.59. The Morgan fingerprint density at radius 1 is 0.913 bits per heavy atom. The molecule has 0 aromatic heterocycles. The molecule has 122 valence electrons. The Bertz CT molecular complexity index is 688. The van der Waals surface area contributed by atoms with Gasteiger partial charge in [0, 0.05) is 5.56 Å². The van der Waals surface area contributed by atoms with E-state index < -0.39 is 5.82 Å². The summed E-state index contributed by atoms with van der Waals surface area (Å²) in [5.41, 5.74) is 1.45. The van der Waals surface area contributed by atoms with Gasteiger partial charge in [0.25, 0.3) is 0 Å². The topological polar surface area (TPSA) is 49.3 Å². The largest absolute Gasteiger partial charge is 0.494 e. The Balaban J connectivity index is 1.95. The van der Waals surface area contributed by atoms with Crippen LogP contribution in [0.25, 0.3) is 0 Å². The van der Waals surface area contributed by atoms with Gasteiger partial charge in [-0.3, -0.25) is 0 Å². The van der Waals surface area contributed by atoms with Gasteiger partial charge in [0.1, 0.15) is 6.61 Å². The van der Waals surface area contributed by atoms with E-state index in [1.54, 1.807) is 44.7 Å². The molecule has 0 aliphatic rings. The molecule has 23 heavy (non-hydrogen) atoms. The summed E-state index contributed by atoms with van der Waals surface area (Å²) in [5.74, 6) is 1.01. The summed E-state index contributed by atoms with van der Waals surface area (Å²) in [4.78, 5) is 5.17. The van der Waals surface area contributed by atoms with Crippen molar-refractivity contribution < 1.29 is 23.4 Å². The molecule has 0 bridgehead atoms. The first-order valence-corrected chi connectivity index (χ1v) is 6.87. The summed E-state index contributed by atoms with van der Waals surface area (Å²) in [6.07, 6.45) is 1.54. The van der Waals surface area contributed by atoms with Crippen LogP contribution < -0.4 is 14.2 Å². The first-order valence-electron chi connectivity index (χ1n) is 6.87. The lowest BCUT2D eigenvalue weighted by Gasteiger charge is -2.07. The molecule has 0 N–H and O–H groups in total. The standard InChI is InChI=1S/C17H18FNO4/c1-20-15-6-5-13(8-14(15)18)11-23-19-10-12-4-7-16(21-2)17(9-12)22-3/h4-10H,11H2,1-3H3/b19-10-. The van der Waals surface area contributed by atoms with Crippen molar-refractivity contribution in [2.45, 2.75) is 6.61 Å². The van der Waals surface area contributed by atoms with E-state index in [4.69, 9.17) is 19.0 Å². The normalized spacial score (nSPS) is 10.6. The highest BCUT2D eigenvalue weighted by molar-refractivity contribution is 5.80. The molecule has 5 nitrogen and oxygen atoms in total. The van der Waals surface area contributed by atoms with Gasteiger partial charge in [-0.25, -0.2) is 4.39 Å². The number of oxime groups is 1. The minimum absolute atomic E-state index is 0.157. The van der Waals surface area contributed by atoms with Crippen molar-refractivity contribution in [3.05, 3.63) is 53.3 Å². The van der Waals surface area contributed by atoms with E-state index in [9.17, 15) is 4.39 Å². The number of benzene rings is 2. The third-order valence-corrected chi connectivity index (χ3v) is 3.13. The minimum atomic E-state index is -0.433. The van der Waals surface area contributed by atoms with Crippen molar-refractivity contribution in [2.24, 2.45) is 5.16 Å². The van der Waals surface area contributed by atoms with E-state index in [-0.39, 0.29) is 12.4 Å². The second-order valence-electron chi connectivity index (χ2n) is 4.59. The highest BCUT2D eigenvalue weighted by Gasteiger charge is 2.04. The Morgan fingerprint density at radius 2 is 1.61 bits per heavy atom. The fourth-order valence-corrected chi connectivity index (χ4v) is 1.94. The molecule has 0 amide bonds. The lowest BCUT2D eigenvalue weighted by molar-refractivity contribution is 0.132. The van der Waals surface area contributed by atoms with Crippen molar-refractivity contribution in [2.75, 3.05) is 21.3 Å². The van der Waals surface area contributed by atoms with Gasteiger partial charge < -0.3 is 19.0 Å². The average Bonchev–Trinajstić information content (AvgIpc) is 2.58. The Labute approximate surface area is 134 Å². The van der Waals surface area contributed by atoms with Gasteiger partial charge in [0.15, 0.2) is 23.1 Å². The predicted molar refractivity (Wildman–Crippen MR) is 84.9 cm³/mol. The highest BCUT2D eigenvalue weighted by atomic mass is 19.1. The van der Waals surface area contributed by atoms with Crippen LogP contribution in [0.4, 0.5) is 4.39 Å². The lowest BCUT2D eigenvalue weighted by atomic mass is 10.2. The molecule has 2 aromatic carbocycles. The van der Waals surface area contributed by atoms with Crippen molar-refractivity contribution >= 4 is 6.21 Å². The molecule has 0 aliphatic carbocycles.